The third kappa shape index (κ3) is 7.89. The molecule has 1 heterocycles. The van der Waals surface area contributed by atoms with Gasteiger partial charge in [-0.3, -0.25) is 4.99 Å². The highest BCUT2D eigenvalue weighted by Gasteiger charge is 2.25. The van der Waals surface area contributed by atoms with Gasteiger partial charge in [-0.15, -0.1) is 11.3 Å². The predicted molar refractivity (Wildman–Crippen MR) is 79.6 cm³/mol. The average Bonchev–Trinajstić information content (AvgIpc) is 2.88. The van der Waals surface area contributed by atoms with Crippen LogP contribution in [0.1, 0.15) is 36.1 Å². The average molecular weight is 322 g/mol. The van der Waals surface area contributed by atoms with Gasteiger partial charge in [-0.1, -0.05) is 6.92 Å². The number of aliphatic imine (C=N–C) groups is 1. The molecule has 120 valence electrons. The fourth-order valence-electron chi connectivity index (χ4n) is 1.63. The van der Waals surface area contributed by atoms with Crippen molar-refractivity contribution in [2.45, 2.75) is 45.3 Å². The standard InChI is InChI=1S/C13H21F3N4S/c1-3-10-8-19-11(21-10)9-20-12(17-2)18-7-5-4-6-13(14,15)16/h8H,3-7,9H2,1-2H3,(H2,17,18,20). The number of hydrogen-bond acceptors (Lipinski definition) is 3. The summed E-state index contributed by atoms with van der Waals surface area (Å²) < 4.78 is 36.0. The third-order valence-electron chi connectivity index (χ3n) is 2.76. The molecule has 0 bridgehead atoms. The first-order valence-electron chi connectivity index (χ1n) is 6.89. The van der Waals surface area contributed by atoms with Gasteiger partial charge in [0.05, 0.1) is 6.54 Å². The van der Waals surface area contributed by atoms with Crippen molar-refractivity contribution >= 4 is 17.3 Å². The van der Waals surface area contributed by atoms with E-state index in [1.165, 1.54) is 4.88 Å². The number of hydrogen-bond donors (Lipinski definition) is 2. The number of aromatic nitrogens is 1. The van der Waals surface area contributed by atoms with Crippen LogP contribution in [-0.4, -0.2) is 30.7 Å². The third-order valence-corrected chi connectivity index (χ3v) is 3.90. The lowest BCUT2D eigenvalue weighted by Gasteiger charge is -2.11. The second kappa shape index (κ2) is 8.86. The molecular formula is C13H21F3N4S. The Morgan fingerprint density at radius 3 is 2.67 bits per heavy atom. The van der Waals surface area contributed by atoms with E-state index in [4.69, 9.17) is 0 Å². The Morgan fingerprint density at radius 2 is 2.10 bits per heavy atom. The van der Waals surface area contributed by atoms with Crippen LogP contribution >= 0.6 is 11.3 Å². The van der Waals surface area contributed by atoms with Gasteiger partial charge < -0.3 is 10.6 Å². The van der Waals surface area contributed by atoms with E-state index in [0.29, 0.717) is 25.5 Å². The summed E-state index contributed by atoms with van der Waals surface area (Å²) in [4.78, 5) is 9.53. The molecule has 0 amide bonds. The molecule has 0 radical (unpaired) electrons. The zero-order valence-corrected chi connectivity index (χ0v) is 13.1. The van der Waals surface area contributed by atoms with E-state index in [0.717, 1.165) is 11.4 Å². The molecule has 0 aliphatic heterocycles. The number of unbranched alkanes of at least 4 members (excludes halogenated alkanes) is 1. The van der Waals surface area contributed by atoms with Crippen molar-refractivity contribution < 1.29 is 13.2 Å². The van der Waals surface area contributed by atoms with Crippen LogP contribution in [0.15, 0.2) is 11.2 Å². The van der Waals surface area contributed by atoms with Gasteiger partial charge in [-0.05, 0) is 19.3 Å². The maximum absolute atomic E-state index is 12.0. The van der Waals surface area contributed by atoms with Gasteiger partial charge in [-0.2, -0.15) is 13.2 Å². The summed E-state index contributed by atoms with van der Waals surface area (Å²) in [6, 6.07) is 0. The van der Waals surface area contributed by atoms with Crippen LogP contribution in [0.4, 0.5) is 13.2 Å². The molecule has 0 spiro atoms. The number of nitrogens with one attached hydrogen (secondary N) is 2. The number of halogens is 3. The second-order valence-corrected chi connectivity index (χ2v) is 5.70. The van der Waals surface area contributed by atoms with Crippen LogP contribution in [-0.2, 0) is 13.0 Å². The molecule has 0 saturated heterocycles. The topological polar surface area (TPSA) is 49.3 Å². The van der Waals surface area contributed by atoms with Crippen LogP contribution in [0.5, 0.6) is 0 Å². The highest BCUT2D eigenvalue weighted by Crippen LogP contribution is 2.21. The van der Waals surface area contributed by atoms with Crippen LogP contribution in [0, 0.1) is 0 Å². The summed E-state index contributed by atoms with van der Waals surface area (Å²) in [5.74, 6) is 0.579. The molecule has 0 aliphatic rings. The maximum atomic E-state index is 12.0. The lowest BCUT2D eigenvalue weighted by Crippen LogP contribution is -2.37. The molecule has 1 aromatic heterocycles. The summed E-state index contributed by atoms with van der Waals surface area (Å²) in [5, 5.41) is 7.05. The van der Waals surface area contributed by atoms with Crippen LogP contribution in [0.25, 0.3) is 0 Å². The minimum atomic E-state index is -4.07. The molecule has 1 rings (SSSR count). The number of thiazole rings is 1. The lowest BCUT2D eigenvalue weighted by atomic mass is 10.2. The first kappa shape index (κ1) is 17.7. The predicted octanol–water partition coefficient (Wildman–Crippen LogP) is 3.10. The Morgan fingerprint density at radius 1 is 1.33 bits per heavy atom. The Bertz CT molecular complexity index is 443. The van der Waals surface area contributed by atoms with E-state index < -0.39 is 12.6 Å². The molecule has 2 N–H and O–H groups in total. The molecule has 8 heteroatoms. The molecule has 21 heavy (non-hydrogen) atoms. The number of nitrogens with zero attached hydrogens (tertiary/aromatic N) is 2. The number of guanidine groups is 1. The lowest BCUT2D eigenvalue weighted by molar-refractivity contribution is -0.135. The Hall–Kier alpha value is -1.31. The van der Waals surface area contributed by atoms with Gasteiger partial charge in [0, 0.05) is 31.1 Å². The summed E-state index contributed by atoms with van der Waals surface area (Å²) in [5.41, 5.74) is 0. The van der Waals surface area contributed by atoms with Gasteiger partial charge in [0.1, 0.15) is 5.01 Å². The van der Waals surface area contributed by atoms with Gasteiger partial charge in [0.15, 0.2) is 5.96 Å². The highest BCUT2D eigenvalue weighted by atomic mass is 32.1. The van der Waals surface area contributed by atoms with Crippen LogP contribution in [0.2, 0.25) is 0 Å². The van der Waals surface area contributed by atoms with Gasteiger partial charge in [0.2, 0.25) is 0 Å². The molecule has 0 fully saturated rings. The van der Waals surface area contributed by atoms with E-state index >= 15 is 0 Å². The largest absolute Gasteiger partial charge is 0.389 e. The van der Waals surface area contributed by atoms with Crippen molar-refractivity contribution in [3.05, 3.63) is 16.1 Å². The second-order valence-electron chi connectivity index (χ2n) is 4.50. The van der Waals surface area contributed by atoms with Crippen molar-refractivity contribution in [3.8, 4) is 0 Å². The molecular weight excluding hydrogens is 301 g/mol. The van der Waals surface area contributed by atoms with Crippen LogP contribution < -0.4 is 10.6 Å². The first-order chi connectivity index (χ1) is 9.94. The molecule has 0 saturated carbocycles. The van der Waals surface area contributed by atoms with E-state index in [1.807, 2.05) is 6.20 Å². The molecule has 0 atom stereocenters. The SMILES string of the molecule is CCc1cnc(CNC(=NC)NCCCCC(F)(F)F)s1. The van der Waals surface area contributed by atoms with Gasteiger partial charge >= 0.3 is 6.18 Å². The van der Waals surface area contributed by atoms with Crippen molar-refractivity contribution in [3.63, 3.8) is 0 Å². The molecule has 0 unspecified atom stereocenters. The van der Waals surface area contributed by atoms with Crippen molar-refractivity contribution in [1.29, 1.82) is 0 Å². The smallest absolute Gasteiger partial charge is 0.356 e. The zero-order valence-electron chi connectivity index (χ0n) is 12.3. The van der Waals surface area contributed by atoms with Crippen molar-refractivity contribution in [2.24, 2.45) is 4.99 Å². The van der Waals surface area contributed by atoms with E-state index in [9.17, 15) is 13.2 Å². The monoisotopic (exact) mass is 322 g/mol. The number of aryl methyl sites for hydroxylation is 1. The van der Waals surface area contributed by atoms with Gasteiger partial charge in [-0.25, -0.2) is 4.98 Å². The van der Waals surface area contributed by atoms with E-state index in [1.54, 1.807) is 18.4 Å². The molecule has 4 nitrogen and oxygen atoms in total. The minimum absolute atomic E-state index is 0.125. The maximum Gasteiger partial charge on any atom is 0.389 e. The van der Waals surface area contributed by atoms with Crippen molar-refractivity contribution in [2.75, 3.05) is 13.6 Å². The van der Waals surface area contributed by atoms with E-state index in [-0.39, 0.29) is 6.42 Å². The zero-order chi connectivity index (χ0) is 15.7. The summed E-state index contributed by atoms with van der Waals surface area (Å²) >= 11 is 1.64. The fourth-order valence-corrected chi connectivity index (χ4v) is 2.43. The fraction of sp³-hybridized carbons (Fsp3) is 0.692. The summed E-state index contributed by atoms with van der Waals surface area (Å²) in [6.07, 6.45) is -1.41. The molecule has 0 aliphatic carbocycles. The van der Waals surface area contributed by atoms with Crippen molar-refractivity contribution in [1.82, 2.24) is 15.6 Å². The Kier molecular flexibility index (Phi) is 7.49. The highest BCUT2D eigenvalue weighted by molar-refractivity contribution is 7.11. The first-order valence-corrected chi connectivity index (χ1v) is 7.71. The van der Waals surface area contributed by atoms with E-state index in [2.05, 4.69) is 27.5 Å². The Labute approximate surface area is 126 Å². The Balaban J connectivity index is 2.20. The number of rotatable bonds is 7. The van der Waals surface area contributed by atoms with Gasteiger partial charge in [0.25, 0.3) is 0 Å². The summed E-state index contributed by atoms with van der Waals surface area (Å²) in [6.45, 7) is 3.10. The molecule has 0 aromatic carbocycles. The van der Waals surface area contributed by atoms with Crippen LogP contribution in [0.3, 0.4) is 0 Å². The summed E-state index contributed by atoms with van der Waals surface area (Å²) in [7, 11) is 1.63. The normalized spacial score (nSPS) is 12.5. The quantitative estimate of drug-likeness (QED) is 0.461. The number of alkyl halides is 3. The minimum Gasteiger partial charge on any atom is -0.356 e. The molecule has 1 aromatic rings.